The third kappa shape index (κ3) is 8.08. The Morgan fingerprint density at radius 2 is 1.59 bits per heavy atom. The minimum Gasteiger partial charge on any atom is -0.494 e. The van der Waals surface area contributed by atoms with E-state index in [9.17, 15) is 4.79 Å². The smallest absolute Gasteiger partial charge is 0.338 e. The average Bonchev–Trinajstić information content (AvgIpc) is 3.40. The van der Waals surface area contributed by atoms with Gasteiger partial charge in [-0.3, -0.25) is 0 Å². The summed E-state index contributed by atoms with van der Waals surface area (Å²) < 4.78 is 12.1. The van der Waals surface area contributed by atoms with Crippen molar-refractivity contribution in [1.82, 2.24) is 0 Å². The van der Waals surface area contributed by atoms with Gasteiger partial charge in [0.1, 0.15) is 11.9 Å². The molecular weight excluding hydrogens is 564 g/mol. The van der Waals surface area contributed by atoms with Gasteiger partial charge in [0.15, 0.2) is 0 Å². The Hall–Kier alpha value is -1.77. The SMILES string of the molecule is CCCCCCCCCOc1ccc(C(=O)O[C@H]2CC[C@@]3(C)C(=CC[C@H]4[C@H]5CC[C@H]([C@H](C)CCCC(C)C)[C@@]5(C)CC[C@H]43)C2)cc1. The first-order valence-corrected chi connectivity index (χ1v) is 19.8. The summed E-state index contributed by atoms with van der Waals surface area (Å²) in [6.07, 6.45) is 25.7. The van der Waals surface area contributed by atoms with Crippen molar-refractivity contribution < 1.29 is 14.3 Å². The number of benzene rings is 1. The van der Waals surface area contributed by atoms with E-state index in [2.05, 4.69) is 47.6 Å². The molecule has 8 atom stereocenters. The van der Waals surface area contributed by atoms with Crippen molar-refractivity contribution in [3.8, 4) is 5.75 Å². The molecule has 3 nitrogen and oxygen atoms in total. The van der Waals surface area contributed by atoms with Gasteiger partial charge in [-0.2, -0.15) is 0 Å². The van der Waals surface area contributed by atoms with Gasteiger partial charge in [-0.15, -0.1) is 0 Å². The van der Waals surface area contributed by atoms with E-state index in [4.69, 9.17) is 9.47 Å². The minimum atomic E-state index is -0.186. The summed E-state index contributed by atoms with van der Waals surface area (Å²) >= 11 is 0. The summed E-state index contributed by atoms with van der Waals surface area (Å²) in [6.45, 7) is 15.6. The molecule has 0 aromatic heterocycles. The molecule has 258 valence electrons. The zero-order chi connectivity index (χ0) is 32.7. The van der Waals surface area contributed by atoms with Crippen molar-refractivity contribution in [2.45, 2.75) is 163 Å². The van der Waals surface area contributed by atoms with Crippen molar-refractivity contribution in [3.05, 3.63) is 41.5 Å². The van der Waals surface area contributed by atoms with E-state index in [0.717, 1.165) is 73.5 Å². The highest BCUT2D eigenvalue weighted by Crippen LogP contribution is 2.67. The van der Waals surface area contributed by atoms with Crippen LogP contribution in [0.5, 0.6) is 5.75 Å². The fourth-order valence-electron chi connectivity index (χ4n) is 10.9. The minimum absolute atomic E-state index is 0.00645. The van der Waals surface area contributed by atoms with Gasteiger partial charge in [-0.25, -0.2) is 4.79 Å². The van der Waals surface area contributed by atoms with E-state index in [0.29, 0.717) is 11.0 Å². The lowest BCUT2D eigenvalue weighted by atomic mass is 9.47. The maximum Gasteiger partial charge on any atom is 0.338 e. The molecule has 3 fully saturated rings. The van der Waals surface area contributed by atoms with E-state index in [1.54, 1.807) is 5.57 Å². The Kier molecular flexibility index (Phi) is 12.4. The predicted octanol–water partition coefficient (Wildman–Crippen LogP) is 12.4. The Morgan fingerprint density at radius 3 is 2.33 bits per heavy atom. The number of hydrogen-bond donors (Lipinski definition) is 0. The highest BCUT2D eigenvalue weighted by Gasteiger charge is 2.59. The molecule has 0 aliphatic heterocycles. The Bertz CT molecular complexity index is 1140. The zero-order valence-corrected chi connectivity index (χ0v) is 30.6. The lowest BCUT2D eigenvalue weighted by Gasteiger charge is -2.58. The van der Waals surface area contributed by atoms with Gasteiger partial charge in [0, 0.05) is 6.42 Å². The molecule has 46 heavy (non-hydrogen) atoms. The van der Waals surface area contributed by atoms with Crippen LogP contribution in [-0.4, -0.2) is 18.7 Å². The molecule has 0 radical (unpaired) electrons. The zero-order valence-electron chi connectivity index (χ0n) is 30.6. The molecule has 0 heterocycles. The molecule has 3 saturated carbocycles. The van der Waals surface area contributed by atoms with Crippen molar-refractivity contribution in [2.75, 3.05) is 6.61 Å². The second-order valence-corrected chi connectivity index (χ2v) is 17.1. The van der Waals surface area contributed by atoms with Crippen LogP contribution in [0.3, 0.4) is 0 Å². The van der Waals surface area contributed by atoms with Crippen molar-refractivity contribution in [1.29, 1.82) is 0 Å². The highest BCUT2D eigenvalue weighted by atomic mass is 16.5. The molecule has 3 heteroatoms. The van der Waals surface area contributed by atoms with Crippen molar-refractivity contribution in [2.24, 2.45) is 46.3 Å². The standard InChI is InChI=1S/C43H68O3/c1-7-8-9-10-11-12-13-29-45-35-20-17-33(18-21-35)41(44)46-36-25-27-42(5)34(30-36)19-22-37-39-24-23-38(32(4)16-14-15-31(2)3)43(39,6)28-26-40(37)42/h17-21,31-32,36-40H,7-16,22-30H2,1-6H3/t32-,36+,37+,38-,39-,40-,42+,43-/m1/s1. The highest BCUT2D eigenvalue weighted by molar-refractivity contribution is 5.89. The topological polar surface area (TPSA) is 35.5 Å². The number of hydrogen-bond acceptors (Lipinski definition) is 3. The number of esters is 1. The normalized spacial score (nSPS) is 32.7. The van der Waals surface area contributed by atoms with E-state index in [-0.39, 0.29) is 17.5 Å². The van der Waals surface area contributed by atoms with Crippen LogP contribution in [-0.2, 0) is 4.74 Å². The van der Waals surface area contributed by atoms with Gasteiger partial charge in [-0.1, -0.05) is 111 Å². The summed E-state index contributed by atoms with van der Waals surface area (Å²) in [4.78, 5) is 13.2. The maximum atomic E-state index is 13.2. The molecule has 0 bridgehead atoms. The Morgan fingerprint density at radius 1 is 0.848 bits per heavy atom. The van der Waals surface area contributed by atoms with Crippen LogP contribution < -0.4 is 4.74 Å². The number of allylic oxidation sites excluding steroid dienone is 1. The molecule has 4 aliphatic carbocycles. The summed E-state index contributed by atoms with van der Waals surface area (Å²) in [5, 5.41) is 0. The monoisotopic (exact) mass is 633 g/mol. The van der Waals surface area contributed by atoms with Gasteiger partial charge >= 0.3 is 5.97 Å². The summed E-state index contributed by atoms with van der Waals surface area (Å²) in [7, 11) is 0. The molecule has 0 N–H and O–H groups in total. The average molecular weight is 633 g/mol. The first-order chi connectivity index (χ1) is 22.2. The van der Waals surface area contributed by atoms with Gasteiger partial charge in [-0.05, 0) is 122 Å². The van der Waals surface area contributed by atoms with Crippen LogP contribution in [0.4, 0.5) is 0 Å². The van der Waals surface area contributed by atoms with Crippen LogP contribution in [0.2, 0.25) is 0 Å². The van der Waals surface area contributed by atoms with Gasteiger partial charge < -0.3 is 9.47 Å². The quantitative estimate of drug-likeness (QED) is 0.103. The Balaban J connectivity index is 1.10. The van der Waals surface area contributed by atoms with E-state index >= 15 is 0 Å². The van der Waals surface area contributed by atoms with Gasteiger partial charge in [0.05, 0.1) is 12.2 Å². The Labute approximate surface area is 283 Å². The number of carbonyl (C=O) groups is 1. The molecule has 0 unspecified atom stereocenters. The molecule has 0 spiro atoms. The molecule has 0 saturated heterocycles. The van der Waals surface area contributed by atoms with E-state index < -0.39 is 0 Å². The lowest BCUT2D eigenvalue weighted by molar-refractivity contribution is -0.0594. The van der Waals surface area contributed by atoms with Crippen LogP contribution in [0.1, 0.15) is 167 Å². The molecule has 5 rings (SSSR count). The van der Waals surface area contributed by atoms with Crippen LogP contribution in [0.15, 0.2) is 35.9 Å². The summed E-state index contributed by atoms with van der Waals surface area (Å²) in [5.41, 5.74) is 3.03. The van der Waals surface area contributed by atoms with E-state index in [1.807, 2.05) is 24.3 Å². The van der Waals surface area contributed by atoms with Crippen LogP contribution in [0.25, 0.3) is 0 Å². The van der Waals surface area contributed by atoms with Crippen molar-refractivity contribution in [3.63, 3.8) is 0 Å². The first kappa shape index (κ1) is 35.5. The molecule has 1 aromatic rings. The summed E-state index contributed by atoms with van der Waals surface area (Å²) in [6, 6.07) is 7.60. The third-order valence-electron chi connectivity index (χ3n) is 13.6. The predicted molar refractivity (Wildman–Crippen MR) is 192 cm³/mol. The largest absolute Gasteiger partial charge is 0.494 e. The molecule has 1 aromatic carbocycles. The molecule has 4 aliphatic rings. The molecule has 0 amide bonds. The van der Waals surface area contributed by atoms with Gasteiger partial charge in [0.25, 0.3) is 0 Å². The van der Waals surface area contributed by atoms with Crippen LogP contribution in [0, 0.1) is 46.3 Å². The number of fused-ring (bicyclic) bond motifs is 5. The fourth-order valence-corrected chi connectivity index (χ4v) is 10.9. The van der Waals surface area contributed by atoms with Crippen LogP contribution >= 0.6 is 0 Å². The van der Waals surface area contributed by atoms with Gasteiger partial charge in [0.2, 0.25) is 0 Å². The number of rotatable bonds is 16. The fraction of sp³-hybridized carbons (Fsp3) is 0.791. The third-order valence-corrected chi connectivity index (χ3v) is 13.6. The number of carbonyl (C=O) groups excluding carboxylic acids is 1. The second-order valence-electron chi connectivity index (χ2n) is 17.1. The number of unbranched alkanes of at least 4 members (excludes halogenated alkanes) is 6. The maximum absolute atomic E-state index is 13.2. The second kappa shape index (κ2) is 16.1. The number of ether oxygens (including phenoxy) is 2. The first-order valence-electron chi connectivity index (χ1n) is 19.8. The van der Waals surface area contributed by atoms with E-state index in [1.165, 1.54) is 89.9 Å². The lowest BCUT2D eigenvalue weighted by Crippen LogP contribution is -2.51. The summed E-state index contributed by atoms with van der Waals surface area (Å²) in [5.74, 6) is 5.77. The van der Waals surface area contributed by atoms with Crippen molar-refractivity contribution >= 4 is 5.97 Å². The molecular formula is C43H68O3.